The van der Waals surface area contributed by atoms with Crippen molar-refractivity contribution in [2.24, 2.45) is 0 Å². The van der Waals surface area contributed by atoms with Crippen LogP contribution in [-0.2, 0) is 4.79 Å². The number of nitrogens with one attached hydrogen (secondary N) is 1. The van der Waals surface area contributed by atoms with E-state index < -0.39 is 0 Å². The molecular formula is C17H13Cl2NO. The van der Waals surface area contributed by atoms with Crippen LogP contribution in [0.2, 0.25) is 10.0 Å². The number of halogens is 2. The Kier molecular flexibility index (Phi) is 4.00. The Bertz CT molecular complexity index is 724. The number of rotatable bonds is 3. The summed E-state index contributed by atoms with van der Waals surface area (Å²) in [5.74, 6) is 0.216. The van der Waals surface area contributed by atoms with E-state index in [2.05, 4.69) is 11.4 Å². The summed E-state index contributed by atoms with van der Waals surface area (Å²) >= 11 is 12.1. The van der Waals surface area contributed by atoms with E-state index >= 15 is 0 Å². The smallest absolute Gasteiger partial charge is 0.211 e. The number of hydrogen-bond donors (Lipinski definition) is 1. The van der Waals surface area contributed by atoms with Crippen molar-refractivity contribution in [3.8, 4) is 0 Å². The van der Waals surface area contributed by atoms with Crippen LogP contribution in [0.1, 0.15) is 29.0 Å². The molecule has 0 saturated carbocycles. The standard InChI is InChI=1S/C17H13Cl2NO/c18-15-7-5-11(9-16(15)19)12-6-8-17(20-10-21)14-4-2-1-3-13(12)14/h1-5,7-10,12H,6H2,(H,20,21)/t12-/m0/s1. The number of carbonyl (C=O) groups excluding carboxylic acids is 1. The molecule has 1 aliphatic carbocycles. The zero-order valence-electron chi connectivity index (χ0n) is 11.1. The highest BCUT2D eigenvalue weighted by Gasteiger charge is 2.22. The monoisotopic (exact) mass is 317 g/mol. The van der Waals surface area contributed by atoms with Crippen LogP contribution < -0.4 is 5.32 Å². The van der Waals surface area contributed by atoms with E-state index in [9.17, 15) is 4.79 Å². The van der Waals surface area contributed by atoms with Gasteiger partial charge in [-0.2, -0.15) is 0 Å². The van der Waals surface area contributed by atoms with Gasteiger partial charge in [-0.15, -0.1) is 0 Å². The molecule has 2 aromatic carbocycles. The maximum Gasteiger partial charge on any atom is 0.211 e. The molecule has 0 bridgehead atoms. The second-order valence-corrected chi connectivity index (χ2v) is 5.74. The highest BCUT2D eigenvalue weighted by Crippen LogP contribution is 2.39. The molecule has 1 amide bonds. The van der Waals surface area contributed by atoms with Crippen LogP contribution >= 0.6 is 23.2 Å². The minimum atomic E-state index is 0.216. The van der Waals surface area contributed by atoms with E-state index in [0.29, 0.717) is 16.5 Å². The van der Waals surface area contributed by atoms with Crippen LogP contribution in [0, 0.1) is 0 Å². The Morgan fingerprint density at radius 2 is 1.90 bits per heavy atom. The molecule has 0 heterocycles. The summed E-state index contributed by atoms with van der Waals surface area (Å²) in [6.07, 6.45) is 3.57. The van der Waals surface area contributed by atoms with Gasteiger partial charge in [0, 0.05) is 17.2 Å². The van der Waals surface area contributed by atoms with Crippen molar-refractivity contribution in [1.82, 2.24) is 5.32 Å². The van der Waals surface area contributed by atoms with Crippen LogP contribution in [-0.4, -0.2) is 6.41 Å². The maximum absolute atomic E-state index is 10.7. The third kappa shape index (κ3) is 2.69. The number of carbonyl (C=O) groups is 1. The fourth-order valence-corrected chi connectivity index (χ4v) is 3.07. The third-order valence-electron chi connectivity index (χ3n) is 3.74. The molecule has 1 N–H and O–H groups in total. The molecule has 0 spiro atoms. The van der Waals surface area contributed by atoms with Crippen molar-refractivity contribution in [2.75, 3.05) is 0 Å². The highest BCUT2D eigenvalue weighted by atomic mass is 35.5. The quantitative estimate of drug-likeness (QED) is 0.822. The first-order valence-corrected chi connectivity index (χ1v) is 7.41. The molecule has 1 aliphatic rings. The fourth-order valence-electron chi connectivity index (χ4n) is 2.76. The average Bonchev–Trinajstić information content (AvgIpc) is 2.51. The topological polar surface area (TPSA) is 29.1 Å². The van der Waals surface area contributed by atoms with Crippen molar-refractivity contribution < 1.29 is 4.79 Å². The predicted molar refractivity (Wildman–Crippen MR) is 86.5 cm³/mol. The van der Waals surface area contributed by atoms with Crippen LogP contribution in [0.4, 0.5) is 0 Å². The minimum Gasteiger partial charge on any atom is -0.328 e. The first kappa shape index (κ1) is 14.2. The van der Waals surface area contributed by atoms with Crippen molar-refractivity contribution in [3.05, 3.63) is 75.3 Å². The van der Waals surface area contributed by atoms with Gasteiger partial charge in [0.25, 0.3) is 0 Å². The van der Waals surface area contributed by atoms with Gasteiger partial charge in [0.05, 0.1) is 10.0 Å². The van der Waals surface area contributed by atoms with Gasteiger partial charge in [-0.1, -0.05) is 59.6 Å². The Labute approximate surface area is 133 Å². The SMILES string of the molecule is O=CNC1=CC[C@@H](c2ccc(Cl)c(Cl)c2)c2ccccc21. The van der Waals surface area contributed by atoms with Gasteiger partial charge < -0.3 is 5.32 Å². The van der Waals surface area contributed by atoms with Crippen molar-refractivity contribution >= 4 is 35.3 Å². The molecule has 21 heavy (non-hydrogen) atoms. The predicted octanol–water partition coefficient (Wildman–Crippen LogP) is 4.62. The Balaban J connectivity index is 2.06. The zero-order valence-corrected chi connectivity index (χ0v) is 12.7. The van der Waals surface area contributed by atoms with E-state index in [1.165, 1.54) is 5.56 Å². The molecule has 0 radical (unpaired) electrons. The summed E-state index contributed by atoms with van der Waals surface area (Å²) in [7, 11) is 0. The lowest BCUT2D eigenvalue weighted by atomic mass is 9.81. The van der Waals surface area contributed by atoms with Gasteiger partial charge in [-0.05, 0) is 29.7 Å². The molecule has 1 atom stereocenters. The number of benzene rings is 2. The molecule has 2 aromatic rings. The molecule has 0 saturated heterocycles. The normalized spacial score (nSPS) is 16.9. The molecule has 0 aromatic heterocycles. The second kappa shape index (κ2) is 5.92. The Hall–Kier alpha value is -1.77. The van der Waals surface area contributed by atoms with E-state index in [4.69, 9.17) is 23.2 Å². The molecule has 2 nitrogen and oxygen atoms in total. The molecule has 0 unspecified atom stereocenters. The van der Waals surface area contributed by atoms with Gasteiger partial charge in [0.15, 0.2) is 0 Å². The van der Waals surface area contributed by atoms with Gasteiger partial charge in [0.1, 0.15) is 0 Å². The van der Waals surface area contributed by atoms with Crippen LogP contribution in [0.15, 0.2) is 48.5 Å². The van der Waals surface area contributed by atoms with Crippen LogP contribution in [0.3, 0.4) is 0 Å². The minimum absolute atomic E-state index is 0.216. The van der Waals surface area contributed by atoms with E-state index in [-0.39, 0.29) is 5.92 Å². The summed E-state index contributed by atoms with van der Waals surface area (Å²) in [6.45, 7) is 0. The summed E-state index contributed by atoms with van der Waals surface area (Å²) in [4.78, 5) is 10.7. The molecule has 3 rings (SSSR count). The van der Waals surface area contributed by atoms with E-state index in [1.54, 1.807) is 0 Å². The Morgan fingerprint density at radius 1 is 1.10 bits per heavy atom. The first-order valence-electron chi connectivity index (χ1n) is 6.65. The van der Waals surface area contributed by atoms with Gasteiger partial charge >= 0.3 is 0 Å². The van der Waals surface area contributed by atoms with E-state index in [1.807, 2.05) is 42.5 Å². The van der Waals surface area contributed by atoms with Gasteiger partial charge in [-0.3, -0.25) is 4.79 Å². The lowest BCUT2D eigenvalue weighted by Crippen LogP contribution is -2.16. The second-order valence-electron chi connectivity index (χ2n) is 4.93. The Morgan fingerprint density at radius 3 is 2.67 bits per heavy atom. The summed E-state index contributed by atoms with van der Waals surface area (Å²) in [5, 5.41) is 3.89. The van der Waals surface area contributed by atoms with Crippen LogP contribution in [0.25, 0.3) is 5.70 Å². The van der Waals surface area contributed by atoms with Gasteiger partial charge in [0.2, 0.25) is 6.41 Å². The lowest BCUT2D eigenvalue weighted by molar-refractivity contribution is -0.108. The maximum atomic E-state index is 10.7. The average molecular weight is 318 g/mol. The molecule has 106 valence electrons. The number of amides is 1. The number of hydrogen-bond acceptors (Lipinski definition) is 1. The summed E-state index contributed by atoms with van der Waals surface area (Å²) in [5.41, 5.74) is 4.21. The zero-order chi connectivity index (χ0) is 14.8. The van der Waals surface area contributed by atoms with Crippen molar-refractivity contribution in [1.29, 1.82) is 0 Å². The fraction of sp³-hybridized carbons (Fsp3) is 0.118. The molecule has 4 heteroatoms. The molecular weight excluding hydrogens is 305 g/mol. The number of allylic oxidation sites excluding steroid dienone is 1. The molecule has 0 fully saturated rings. The van der Waals surface area contributed by atoms with Crippen molar-refractivity contribution in [2.45, 2.75) is 12.3 Å². The van der Waals surface area contributed by atoms with Gasteiger partial charge in [-0.25, -0.2) is 0 Å². The number of fused-ring (bicyclic) bond motifs is 1. The largest absolute Gasteiger partial charge is 0.328 e. The van der Waals surface area contributed by atoms with E-state index in [0.717, 1.165) is 23.2 Å². The molecule has 0 aliphatic heterocycles. The summed E-state index contributed by atoms with van der Waals surface area (Å²) < 4.78 is 0. The van der Waals surface area contributed by atoms with Crippen molar-refractivity contribution in [3.63, 3.8) is 0 Å². The lowest BCUT2D eigenvalue weighted by Gasteiger charge is -2.26. The highest BCUT2D eigenvalue weighted by molar-refractivity contribution is 6.42. The first-order chi connectivity index (χ1) is 10.2. The summed E-state index contributed by atoms with van der Waals surface area (Å²) in [6, 6.07) is 13.8. The third-order valence-corrected chi connectivity index (χ3v) is 4.48. The van der Waals surface area contributed by atoms with Crippen LogP contribution in [0.5, 0.6) is 0 Å².